The Morgan fingerprint density at radius 1 is 0.692 bits per heavy atom. The van der Waals surface area contributed by atoms with Crippen LogP contribution in [0, 0.1) is 13.8 Å². The first-order chi connectivity index (χ1) is 25.2. The van der Waals surface area contributed by atoms with Gasteiger partial charge in [-0.05, 0) is 67.4 Å². The average molecular weight is 705 g/mol. The molecule has 0 fully saturated rings. The van der Waals surface area contributed by atoms with Gasteiger partial charge in [-0.2, -0.15) is 0 Å². The molecule has 258 valence electrons. The third-order valence-corrected chi connectivity index (χ3v) is 13.9. The standard InChI is InChI=1S/C44H40BF2N4P/c1-31-28-33(3)50-43(31)42(44-32(2)29-34(4)51(44)45(50,46)47)35-24-26-37(27-25-35)48-30-36-16-14-15-23-41(36)49-52(38-17-8-5-9-18-38,39-19-10-6-11-20-39)40-21-12-7-13-22-40/h5-29,48H,30H2,1-4H3. The molecule has 0 saturated carbocycles. The molecule has 3 heterocycles. The Morgan fingerprint density at radius 2 is 1.23 bits per heavy atom. The molecule has 1 aromatic heterocycles. The van der Waals surface area contributed by atoms with Gasteiger partial charge in [0, 0.05) is 52.4 Å². The van der Waals surface area contributed by atoms with Crippen LogP contribution < -0.4 is 21.2 Å². The van der Waals surface area contributed by atoms with Crippen LogP contribution in [0.5, 0.6) is 0 Å². The van der Waals surface area contributed by atoms with E-state index in [9.17, 15) is 0 Å². The van der Waals surface area contributed by atoms with E-state index < -0.39 is 14.0 Å². The van der Waals surface area contributed by atoms with Gasteiger partial charge in [-0.15, -0.1) is 0 Å². The van der Waals surface area contributed by atoms with Gasteiger partial charge in [0.2, 0.25) is 0 Å². The average Bonchev–Trinajstić information content (AvgIpc) is 3.65. The zero-order valence-electron chi connectivity index (χ0n) is 29.8. The van der Waals surface area contributed by atoms with E-state index in [2.05, 4.69) is 121 Å². The third-order valence-electron chi connectivity index (χ3n) is 10.2. The predicted molar refractivity (Wildman–Crippen MR) is 215 cm³/mol. The lowest BCUT2D eigenvalue weighted by Crippen LogP contribution is -2.51. The number of allylic oxidation sites excluding steroid dienone is 2. The SMILES string of the molecule is CC1=CC(C)=[N+]2C1=C(c1ccc(NCc3ccccc3N=P(c3ccccc3)(c3ccccc3)c3ccccc3)cc1)c1c(C)cc(C)n1[B-]2(F)F. The van der Waals surface area contributed by atoms with Crippen LogP contribution in [0.3, 0.4) is 0 Å². The Kier molecular flexibility index (Phi) is 8.55. The smallest absolute Gasteiger partial charge is 0.393 e. The number of benzene rings is 5. The van der Waals surface area contributed by atoms with Gasteiger partial charge in [0.05, 0.1) is 18.3 Å². The van der Waals surface area contributed by atoms with Crippen molar-refractivity contribution in [3.63, 3.8) is 0 Å². The molecule has 0 unspecified atom stereocenters. The quantitative estimate of drug-likeness (QED) is 0.124. The van der Waals surface area contributed by atoms with Crippen LogP contribution in [-0.2, 0) is 6.54 Å². The maximum atomic E-state index is 16.1. The maximum absolute atomic E-state index is 16.1. The summed E-state index contributed by atoms with van der Waals surface area (Å²) in [6, 6.07) is 50.3. The minimum Gasteiger partial charge on any atom is -0.393 e. The lowest BCUT2D eigenvalue weighted by molar-refractivity contribution is -0.363. The number of nitrogens with one attached hydrogen (secondary N) is 1. The molecule has 5 aromatic carbocycles. The molecular weight excluding hydrogens is 664 g/mol. The van der Waals surface area contributed by atoms with Gasteiger partial charge < -0.3 is 22.9 Å². The van der Waals surface area contributed by atoms with E-state index in [4.69, 9.17) is 4.74 Å². The Balaban J connectivity index is 1.18. The van der Waals surface area contributed by atoms with Crippen LogP contribution in [0.15, 0.2) is 168 Å². The summed E-state index contributed by atoms with van der Waals surface area (Å²) in [6.07, 6.45) is 1.87. The Morgan fingerprint density at radius 3 is 1.81 bits per heavy atom. The normalized spacial score (nSPS) is 14.9. The first kappa shape index (κ1) is 33.6. The summed E-state index contributed by atoms with van der Waals surface area (Å²) in [6.45, 7) is 3.93. The van der Waals surface area contributed by atoms with Gasteiger partial charge in [-0.1, -0.05) is 121 Å². The lowest BCUT2D eigenvalue weighted by atomic mass is 9.84. The molecule has 2 aliphatic rings. The molecule has 0 atom stereocenters. The van der Waals surface area contributed by atoms with Crippen LogP contribution in [0.25, 0.3) is 5.57 Å². The number of aryl methyl sites for hydroxylation is 2. The second-order valence-corrected chi connectivity index (χ2v) is 16.7. The topological polar surface area (TPSA) is 32.3 Å². The first-order valence-electron chi connectivity index (χ1n) is 17.7. The van der Waals surface area contributed by atoms with Gasteiger partial charge in [-0.3, -0.25) is 4.74 Å². The summed E-state index contributed by atoms with van der Waals surface area (Å²) in [5.41, 5.74) is 8.70. The zero-order chi connectivity index (χ0) is 36.0. The minimum atomic E-state index is -4.02. The minimum absolute atomic E-state index is 0.561. The second-order valence-electron chi connectivity index (χ2n) is 13.6. The van der Waals surface area contributed by atoms with E-state index in [0.29, 0.717) is 29.3 Å². The molecule has 0 radical (unpaired) electrons. The predicted octanol–water partition coefficient (Wildman–Crippen LogP) is 9.96. The fourth-order valence-corrected chi connectivity index (χ4v) is 11.6. The molecule has 0 spiro atoms. The van der Waals surface area contributed by atoms with Crippen molar-refractivity contribution in [1.82, 2.24) is 4.48 Å². The largest absolute Gasteiger partial charge is 0.737 e. The maximum Gasteiger partial charge on any atom is 0.737 e. The highest BCUT2D eigenvalue weighted by molar-refractivity contribution is 7.87. The molecule has 6 aromatic rings. The van der Waals surface area contributed by atoms with Crippen molar-refractivity contribution in [2.75, 3.05) is 5.32 Å². The van der Waals surface area contributed by atoms with E-state index in [1.54, 1.807) is 13.8 Å². The molecular formula is C44H40BF2N4P. The highest BCUT2D eigenvalue weighted by Gasteiger charge is 2.55. The van der Waals surface area contributed by atoms with E-state index >= 15 is 8.63 Å². The monoisotopic (exact) mass is 704 g/mol. The third kappa shape index (κ3) is 5.52. The van der Waals surface area contributed by atoms with Crippen molar-refractivity contribution < 1.29 is 13.1 Å². The number of anilines is 1. The number of hydrogen-bond acceptors (Lipinski definition) is 2. The van der Waals surface area contributed by atoms with Gasteiger partial charge in [0.25, 0.3) is 0 Å². The number of halogens is 2. The molecule has 1 N–H and O–H groups in total. The Labute approximate surface area is 304 Å². The first-order valence-corrected chi connectivity index (χ1v) is 19.4. The Hall–Kier alpha value is -5.52. The molecule has 0 aliphatic carbocycles. The number of rotatable bonds is 8. The molecule has 0 amide bonds. The molecule has 2 aliphatic heterocycles. The van der Waals surface area contributed by atoms with E-state index in [1.807, 2.05) is 50.3 Å². The number of aromatic nitrogens is 1. The molecule has 4 nitrogen and oxygen atoms in total. The Bertz CT molecular complexity index is 2360. The van der Waals surface area contributed by atoms with Crippen LogP contribution in [0.2, 0.25) is 0 Å². The zero-order valence-corrected chi connectivity index (χ0v) is 30.7. The van der Waals surface area contributed by atoms with Crippen LogP contribution in [-0.4, -0.2) is 21.6 Å². The van der Waals surface area contributed by atoms with Crippen LogP contribution in [0.1, 0.15) is 41.9 Å². The van der Waals surface area contributed by atoms with Crippen LogP contribution in [0.4, 0.5) is 20.0 Å². The molecule has 8 rings (SSSR count). The van der Waals surface area contributed by atoms with Gasteiger partial charge >= 0.3 is 6.97 Å². The van der Waals surface area contributed by atoms with Gasteiger partial charge in [0.1, 0.15) is 5.71 Å². The molecule has 0 bridgehead atoms. The number of nitrogens with zero attached hydrogens (tertiary/aromatic N) is 3. The fourth-order valence-electron chi connectivity index (χ4n) is 8.00. The second kappa shape index (κ2) is 13.2. The van der Waals surface area contributed by atoms with Crippen molar-refractivity contribution in [3.8, 4) is 0 Å². The summed E-state index contributed by atoms with van der Waals surface area (Å²) in [4.78, 5) is 0. The summed E-state index contributed by atoms with van der Waals surface area (Å²) in [5, 5.41) is 7.21. The van der Waals surface area contributed by atoms with Crippen molar-refractivity contribution in [2.24, 2.45) is 4.74 Å². The van der Waals surface area contributed by atoms with Crippen molar-refractivity contribution in [2.45, 2.75) is 34.2 Å². The van der Waals surface area contributed by atoms with Gasteiger partial charge in [-0.25, -0.2) is 0 Å². The fraction of sp³-hybridized carbons (Fsp3) is 0.114. The number of hydrogen-bond donors (Lipinski definition) is 1. The molecule has 8 heteroatoms. The number of fused-ring (bicyclic) bond motifs is 2. The van der Waals surface area contributed by atoms with Crippen molar-refractivity contribution >= 4 is 52.6 Å². The van der Waals surface area contributed by atoms with E-state index in [0.717, 1.165) is 39.2 Å². The van der Waals surface area contributed by atoms with E-state index in [1.165, 1.54) is 24.9 Å². The summed E-state index contributed by atoms with van der Waals surface area (Å²) in [7, 11) is -2.45. The lowest BCUT2D eigenvalue weighted by Gasteiger charge is -2.34. The summed E-state index contributed by atoms with van der Waals surface area (Å²) >= 11 is 0. The molecule has 0 saturated heterocycles. The van der Waals surface area contributed by atoms with Crippen LogP contribution >= 0.6 is 7.05 Å². The summed E-state index contributed by atoms with van der Waals surface area (Å²) < 4.78 is 40.5. The summed E-state index contributed by atoms with van der Waals surface area (Å²) in [5.74, 6) is 0. The van der Waals surface area contributed by atoms with Gasteiger partial charge in [0.15, 0.2) is 5.70 Å². The highest BCUT2D eigenvalue weighted by Crippen LogP contribution is 2.50. The highest BCUT2D eigenvalue weighted by atomic mass is 31.2. The van der Waals surface area contributed by atoms with Crippen molar-refractivity contribution in [1.29, 1.82) is 0 Å². The van der Waals surface area contributed by atoms with Crippen molar-refractivity contribution in [3.05, 3.63) is 191 Å². The van der Waals surface area contributed by atoms with E-state index in [-0.39, 0.29) is 0 Å². The molecule has 52 heavy (non-hydrogen) atoms.